The van der Waals surface area contributed by atoms with Crippen LogP contribution in [0.3, 0.4) is 0 Å². The summed E-state index contributed by atoms with van der Waals surface area (Å²) in [6.07, 6.45) is 0. The van der Waals surface area contributed by atoms with Crippen molar-refractivity contribution in [2.75, 3.05) is 4.90 Å². The van der Waals surface area contributed by atoms with Gasteiger partial charge in [0.2, 0.25) is 0 Å². The van der Waals surface area contributed by atoms with E-state index < -0.39 is 0 Å². The summed E-state index contributed by atoms with van der Waals surface area (Å²) in [7, 11) is 0. The molecule has 4 heterocycles. The fraction of sp³-hybridized carbons (Fsp3) is 0.236. The first-order valence-electron chi connectivity index (χ1n) is 20.9. The summed E-state index contributed by atoms with van der Waals surface area (Å²) >= 11 is 0. The van der Waals surface area contributed by atoms with E-state index in [2.05, 4.69) is 210 Å². The van der Waals surface area contributed by atoms with Gasteiger partial charge in [0.15, 0.2) is 0 Å². The molecule has 0 aliphatic carbocycles. The second-order valence-electron chi connectivity index (χ2n) is 20.0. The summed E-state index contributed by atoms with van der Waals surface area (Å²) < 4.78 is 5.15. The van der Waals surface area contributed by atoms with E-state index in [1.54, 1.807) is 0 Å². The maximum atomic E-state index is 2.58. The van der Waals surface area contributed by atoms with Crippen LogP contribution in [0.5, 0.6) is 0 Å². The minimum Gasteiger partial charge on any atom is -0.310 e. The lowest BCUT2D eigenvalue weighted by molar-refractivity contribution is 0.590. The average Bonchev–Trinajstić information content (AvgIpc) is 3.89. The molecular weight excluding hydrogens is 703 g/mol. The highest BCUT2D eigenvalue weighted by Gasteiger charge is 2.28. The number of benzene rings is 7. The third-order valence-electron chi connectivity index (χ3n) is 13.1. The number of aromatic nitrogens is 2. The van der Waals surface area contributed by atoms with Gasteiger partial charge >= 0.3 is 0 Å². The molecule has 0 N–H and O–H groups in total. The van der Waals surface area contributed by atoms with Gasteiger partial charge in [0.25, 0.3) is 0 Å². The molecule has 0 atom stereocenters. The van der Waals surface area contributed by atoms with Gasteiger partial charge in [0, 0.05) is 60.2 Å². The van der Waals surface area contributed by atoms with Crippen LogP contribution in [0, 0.1) is 6.92 Å². The maximum Gasteiger partial charge on any atom is 0.0620 e. The lowest BCUT2D eigenvalue weighted by atomic mass is 9.84. The van der Waals surface area contributed by atoms with E-state index in [0.29, 0.717) is 0 Å². The highest BCUT2D eigenvalue weighted by Crippen LogP contribution is 2.48. The Balaban J connectivity index is 1.29. The summed E-state index contributed by atoms with van der Waals surface area (Å²) in [6, 6.07) is 48.8. The predicted molar refractivity (Wildman–Crippen MR) is 251 cm³/mol. The van der Waals surface area contributed by atoms with Gasteiger partial charge in [-0.3, -0.25) is 0 Å². The number of fused-ring (bicyclic) bond motifs is 12. The Bertz CT molecular complexity index is 3440. The first-order valence-corrected chi connectivity index (χ1v) is 20.9. The zero-order valence-corrected chi connectivity index (χ0v) is 35.5. The summed E-state index contributed by atoms with van der Waals surface area (Å²) in [4.78, 5) is 2.41. The Morgan fingerprint density at radius 2 is 0.828 bits per heavy atom. The molecule has 0 aliphatic heterocycles. The van der Waals surface area contributed by atoms with Crippen molar-refractivity contribution in [2.24, 2.45) is 0 Å². The molecule has 0 saturated carbocycles. The maximum absolute atomic E-state index is 2.58. The van der Waals surface area contributed by atoms with Crippen LogP contribution >= 0.6 is 0 Å². The minimum atomic E-state index is -0.0133. The van der Waals surface area contributed by atoms with Crippen LogP contribution in [0.1, 0.15) is 84.6 Å². The number of anilines is 3. The average molecular weight is 754 g/mol. The van der Waals surface area contributed by atoms with Crippen LogP contribution in [-0.2, 0) is 16.2 Å². The summed E-state index contributed by atoms with van der Waals surface area (Å²) in [5.41, 5.74) is 16.6. The van der Waals surface area contributed by atoms with Crippen molar-refractivity contribution in [3.63, 3.8) is 0 Å². The molecule has 286 valence electrons. The molecule has 3 heteroatoms. The molecule has 11 rings (SSSR count). The van der Waals surface area contributed by atoms with E-state index in [1.165, 1.54) is 104 Å². The van der Waals surface area contributed by atoms with Crippen LogP contribution in [0.25, 0.3) is 76.2 Å². The lowest BCUT2D eigenvalue weighted by Crippen LogP contribution is -2.11. The van der Waals surface area contributed by atoms with Gasteiger partial charge in [-0.15, -0.1) is 0 Å². The molecule has 0 fully saturated rings. The van der Waals surface area contributed by atoms with Gasteiger partial charge in [-0.1, -0.05) is 111 Å². The zero-order chi connectivity index (χ0) is 40.2. The van der Waals surface area contributed by atoms with E-state index in [1.807, 2.05) is 0 Å². The Hall–Kier alpha value is -6.06. The number of hydrogen-bond donors (Lipinski definition) is 0. The Morgan fingerprint density at radius 1 is 0.362 bits per heavy atom. The molecule has 7 aromatic carbocycles. The van der Waals surface area contributed by atoms with Crippen LogP contribution in [0.2, 0.25) is 0 Å². The predicted octanol–water partition coefficient (Wildman–Crippen LogP) is 15.7. The van der Waals surface area contributed by atoms with Gasteiger partial charge < -0.3 is 13.7 Å². The Kier molecular flexibility index (Phi) is 6.99. The molecule has 4 aromatic heterocycles. The molecule has 0 bridgehead atoms. The van der Waals surface area contributed by atoms with E-state index >= 15 is 0 Å². The molecule has 0 saturated heterocycles. The van der Waals surface area contributed by atoms with Crippen molar-refractivity contribution < 1.29 is 0 Å². The second kappa shape index (κ2) is 11.5. The zero-order valence-electron chi connectivity index (χ0n) is 35.5. The van der Waals surface area contributed by atoms with E-state index in [0.717, 1.165) is 11.4 Å². The van der Waals surface area contributed by atoms with Crippen molar-refractivity contribution in [1.82, 2.24) is 8.80 Å². The first-order chi connectivity index (χ1) is 27.6. The second-order valence-corrected chi connectivity index (χ2v) is 20.0. The Morgan fingerprint density at radius 3 is 1.38 bits per heavy atom. The third-order valence-corrected chi connectivity index (χ3v) is 13.1. The van der Waals surface area contributed by atoms with E-state index in [4.69, 9.17) is 0 Å². The quantitative estimate of drug-likeness (QED) is 0.175. The highest BCUT2D eigenvalue weighted by atomic mass is 15.1. The van der Waals surface area contributed by atoms with Gasteiger partial charge in [-0.2, -0.15) is 0 Å². The van der Waals surface area contributed by atoms with Gasteiger partial charge in [-0.05, 0) is 124 Å². The third kappa shape index (κ3) is 4.86. The van der Waals surface area contributed by atoms with Crippen LogP contribution < -0.4 is 4.90 Å². The van der Waals surface area contributed by atoms with Crippen LogP contribution in [-0.4, -0.2) is 8.80 Å². The standard InChI is InChI=1S/C55H51N3/c1-32-16-14-15-19-46(32)56(36-17-12-11-13-18-36)37-21-22-38-42-25-34(54(5,6)7)27-44-41-30-49-40(31-50(41)58(51(42)44)48(38)29-37)45-28-35(55(8,9)10)26-43-39-24-33(53(2,3)4)20-23-47(39)57(49)52(43)45/h11-31H,1-10H3. The van der Waals surface area contributed by atoms with Crippen molar-refractivity contribution >= 4 is 93.3 Å². The smallest absolute Gasteiger partial charge is 0.0620 e. The fourth-order valence-electron chi connectivity index (χ4n) is 9.86. The summed E-state index contributed by atoms with van der Waals surface area (Å²) in [5.74, 6) is 0. The van der Waals surface area contributed by atoms with Crippen LogP contribution in [0.15, 0.2) is 127 Å². The molecule has 0 unspecified atom stereocenters. The van der Waals surface area contributed by atoms with Crippen molar-refractivity contribution in [3.05, 3.63) is 150 Å². The number of aryl methyl sites for hydroxylation is 1. The van der Waals surface area contributed by atoms with Crippen molar-refractivity contribution in [2.45, 2.75) is 85.5 Å². The summed E-state index contributed by atoms with van der Waals surface area (Å²) in [6.45, 7) is 23.2. The molecule has 3 nitrogen and oxygen atoms in total. The molecule has 0 amide bonds. The van der Waals surface area contributed by atoms with Crippen molar-refractivity contribution in [3.8, 4) is 0 Å². The molecule has 0 spiro atoms. The number of nitrogens with zero attached hydrogens (tertiary/aromatic N) is 3. The van der Waals surface area contributed by atoms with Crippen molar-refractivity contribution in [1.29, 1.82) is 0 Å². The van der Waals surface area contributed by atoms with Crippen LogP contribution in [0.4, 0.5) is 17.1 Å². The van der Waals surface area contributed by atoms with E-state index in [-0.39, 0.29) is 16.2 Å². The topological polar surface area (TPSA) is 12.1 Å². The first kappa shape index (κ1) is 35.1. The molecule has 58 heavy (non-hydrogen) atoms. The van der Waals surface area contributed by atoms with Gasteiger partial charge in [0.1, 0.15) is 0 Å². The van der Waals surface area contributed by atoms with Gasteiger partial charge in [0.05, 0.1) is 33.1 Å². The normalized spacial score (nSPS) is 13.3. The lowest BCUT2D eigenvalue weighted by Gasteiger charge is -2.27. The largest absolute Gasteiger partial charge is 0.310 e. The number of rotatable bonds is 3. The molecular formula is C55H51N3. The molecule has 0 radical (unpaired) electrons. The number of para-hydroxylation sites is 2. The minimum absolute atomic E-state index is 0.000749. The SMILES string of the molecule is Cc1ccccc1N(c1ccccc1)c1ccc2c3cc(C(C)(C)C)cc4c5cc6c(cc5n(c2c1)c34)c1cc(C(C)(C)C)cc2c3cc(C(C)(C)C)ccc3n6c21. The monoisotopic (exact) mass is 753 g/mol. The molecule has 11 aromatic rings. The summed E-state index contributed by atoms with van der Waals surface area (Å²) in [5, 5.41) is 10.6. The van der Waals surface area contributed by atoms with Gasteiger partial charge in [-0.25, -0.2) is 0 Å². The molecule has 0 aliphatic rings. The number of hydrogen-bond acceptors (Lipinski definition) is 1. The Labute approximate surface area is 340 Å². The fourth-order valence-corrected chi connectivity index (χ4v) is 9.86. The van der Waals surface area contributed by atoms with E-state index in [9.17, 15) is 0 Å². The highest BCUT2D eigenvalue weighted by molar-refractivity contribution is 6.29.